The van der Waals surface area contributed by atoms with Gasteiger partial charge < -0.3 is 24.8 Å². The number of halogens is 3. The van der Waals surface area contributed by atoms with E-state index in [0.29, 0.717) is 46.0 Å². The molecule has 0 aromatic rings. The normalized spacial score (nSPS) is 23.4. The molecular formula is C14H21F3N2O6. The molecule has 8 nitrogen and oxygen atoms in total. The number of hydrogen-bond donors (Lipinski definition) is 2. The van der Waals surface area contributed by atoms with Crippen molar-refractivity contribution in [1.82, 2.24) is 10.2 Å². The number of carbonyl (C=O) groups is 3. The Kier molecular flexibility index (Phi) is 8.10. The Labute approximate surface area is 142 Å². The lowest BCUT2D eigenvalue weighted by Gasteiger charge is -2.30. The van der Waals surface area contributed by atoms with Crippen molar-refractivity contribution in [2.75, 3.05) is 46.0 Å². The molecule has 0 bridgehead atoms. The molecule has 25 heavy (non-hydrogen) atoms. The minimum atomic E-state index is -5.08. The number of nitrogens with one attached hydrogen (secondary N) is 1. The summed E-state index contributed by atoms with van der Waals surface area (Å²) in [5, 5.41) is 10.2. The van der Waals surface area contributed by atoms with Crippen LogP contribution in [0.2, 0.25) is 0 Å². The summed E-state index contributed by atoms with van der Waals surface area (Å²) < 4.78 is 42.0. The van der Waals surface area contributed by atoms with E-state index in [4.69, 9.17) is 19.4 Å². The minimum Gasteiger partial charge on any atom is -0.475 e. The predicted molar refractivity (Wildman–Crippen MR) is 77.6 cm³/mol. The number of esters is 1. The Hall–Kier alpha value is -1.88. The first-order chi connectivity index (χ1) is 11.7. The lowest BCUT2D eigenvalue weighted by Crippen LogP contribution is -2.46. The average Bonchev–Trinajstić information content (AvgIpc) is 3.04. The summed E-state index contributed by atoms with van der Waals surface area (Å²) in [7, 11) is 0. The van der Waals surface area contributed by atoms with Crippen LogP contribution in [0, 0.1) is 11.8 Å². The number of ether oxygens (including phenoxy) is 2. The quantitative estimate of drug-likeness (QED) is 0.667. The number of amides is 1. The van der Waals surface area contributed by atoms with Crippen molar-refractivity contribution in [3.63, 3.8) is 0 Å². The Balaban J connectivity index is 0.000000381. The van der Waals surface area contributed by atoms with Crippen LogP contribution < -0.4 is 5.32 Å². The van der Waals surface area contributed by atoms with Crippen molar-refractivity contribution in [2.45, 2.75) is 13.1 Å². The summed E-state index contributed by atoms with van der Waals surface area (Å²) in [5.74, 6) is -3.62. The van der Waals surface area contributed by atoms with Crippen molar-refractivity contribution in [3.8, 4) is 0 Å². The maximum Gasteiger partial charge on any atom is 0.490 e. The van der Waals surface area contributed by atoms with Gasteiger partial charge in [-0.25, -0.2) is 4.79 Å². The number of hydrogen-bond acceptors (Lipinski definition) is 6. The summed E-state index contributed by atoms with van der Waals surface area (Å²) in [6, 6.07) is 0. The number of carbonyl (C=O) groups excluding carboxylic acids is 2. The molecule has 144 valence electrons. The number of nitrogens with zero attached hydrogens (tertiary/aromatic N) is 1. The third kappa shape index (κ3) is 6.50. The summed E-state index contributed by atoms with van der Waals surface area (Å²) in [4.78, 5) is 34.8. The summed E-state index contributed by atoms with van der Waals surface area (Å²) in [6.45, 7) is 5.60. The lowest BCUT2D eigenvalue weighted by atomic mass is 9.94. The van der Waals surface area contributed by atoms with Gasteiger partial charge in [-0.15, -0.1) is 0 Å². The van der Waals surface area contributed by atoms with Crippen LogP contribution in [0.1, 0.15) is 6.92 Å². The van der Waals surface area contributed by atoms with Gasteiger partial charge in [0.1, 0.15) is 0 Å². The molecule has 0 aliphatic carbocycles. The molecule has 2 fully saturated rings. The zero-order chi connectivity index (χ0) is 19.0. The van der Waals surface area contributed by atoms with Gasteiger partial charge in [0.05, 0.1) is 31.7 Å². The highest BCUT2D eigenvalue weighted by molar-refractivity contribution is 5.86. The fraction of sp³-hybridized carbons (Fsp3) is 0.786. The molecule has 0 aromatic carbocycles. The fourth-order valence-electron chi connectivity index (χ4n) is 2.45. The highest BCUT2D eigenvalue weighted by Gasteiger charge is 2.41. The third-order valence-electron chi connectivity index (χ3n) is 3.69. The largest absolute Gasteiger partial charge is 0.490 e. The first kappa shape index (κ1) is 21.2. The molecule has 2 aliphatic rings. The monoisotopic (exact) mass is 370 g/mol. The van der Waals surface area contributed by atoms with E-state index in [1.165, 1.54) is 0 Å². The van der Waals surface area contributed by atoms with E-state index in [0.717, 1.165) is 0 Å². The molecule has 0 radical (unpaired) electrons. The Bertz CT molecular complexity index is 480. The van der Waals surface area contributed by atoms with Crippen LogP contribution in [-0.2, 0) is 23.9 Å². The van der Waals surface area contributed by atoms with E-state index in [2.05, 4.69) is 5.32 Å². The molecule has 0 spiro atoms. The minimum absolute atomic E-state index is 0.0429. The fourth-order valence-corrected chi connectivity index (χ4v) is 2.45. The first-order valence-corrected chi connectivity index (χ1v) is 7.72. The Morgan fingerprint density at radius 2 is 1.72 bits per heavy atom. The van der Waals surface area contributed by atoms with Gasteiger partial charge in [-0.2, -0.15) is 13.2 Å². The SMILES string of the molecule is CCOC(=O)[C@@H]1CNC[C@H]1C(=O)N1CCOCC1.O=C(O)C(F)(F)F. The predicted octanol–water partition coefficient (Wildman–Crippen LogP) is -0.123. The number of rotatable bonds is 3. The van der Waals surface area contributed by atoms with E-state index in [1.807, 2.05) is 0 Å². The number of morpholine rings is 1. The summed E-state index contributed by atoms with van der Waals surface area (Å²) >= 11 is 0. The van der Waals surface area contributed by atoms with Gasteiger partial charge in [0.15, 0.2) is 0 Å². The second-order valence-electron chi connectivity index (χ2n) is 5.36. The first-order valence-electron chi connectivity index (χ1n) is 7.72. The van der Waals surface area contributed by atoms with Gasteiger partial charge in [-0.05, 0) is 6.92 Å². The zero-order valence-electron chi connectivity index (χ0n) is 13.7. The molecule has 0 aromatic heterocycles. The van der Waals surface area contributed by atoms with E-state index in [-0.39, 0.29) is 23.7 Å². The second-order valence-corrected chi connectivity index (χ2v) is 5.36. The summed E-state index contributed by atoms with van der Waals surface area (Å²) in [6.07, 6.45) is -5.08. The van der Waals surface area contributed by atoms with Crippen LogP contribution in [0.4, 0.5) is 13.2 Å². The highest BCUT2D eigenvalue weighted by atomic mass is 19.4. The van der Waals surface area contributed by atoms with Gasteiger partial charge in [0.25, 0.3) is 0 Å². The van der Waals surface area contributed by atoms with Crippen LogP contribution in [0.3, 0.4) is 0 Å². The molecular weight excluding hydrogens is 349 g/mol. The third-order valence-corrected chi connectivity index (χ3v) is 3.69. The lowest BCUT2D eigenvalue weighted by molar-refractivity contribution is -0.192. The molecule has 2 heterocycles. The van der Waals surface area contributed by atoms with Crippen LogP contribution >= 0.6 is 0 Å². The maximum absolute atomic E-state index is 12.3. The smallest absolute Gasteiger partial charge is 0.475 e. The van der Waals surface area contributed by atoms with Crippen LogP contribution in [-0.4, -0.2) is 80.0 Å². The van der Waals surface area contributed by atoms with Crippen LogP contribution in [0.15, 0.2) is 0 Å². The second kappa shape index (κ2) is 9.56. The van der Waals surface area contributed by atoms with Gasteiger partial charge in [-0.3, -0.25) is 9.59 Å². The molecule has 2 N–H and O–H groups in total. The topological polar surface area (TPSA) is 105 Å². The number of carboxylic acids is 1. The Morgan fingerprint density at radius 3 is 2.20 bits per heavy atom. The van der Waals surface area contributed by atoms with E-state index < -0.39 is 12.1 Å². The summed E-state index contributed by atoms with van der Waals surface area (Å²) in [5.41, 5.74) is 0. The number of carboxylic acid groups (broad SMARTS) is 1. The molecule has 0 saturated carbocycles. The van der Waals surface area contributed by atoms with Gasteiger partial charge in [0.2, 0.25) is 5.91 Å². The standard InChI is InChI=1S/C12H20N2O4.C2HF3O2/c1-2-18-12(16)10-8-13-7-9(10)11(15)14-3-5-17-6-4-14;3-2(4,5)1(6)7/h9-10,13H,2-8H2,1H3;(H,6,7)/t9-,10-;/m1./s1. The molecule has 2 rings (SSSR count). The van der Waals surface area contributed by atoms with Gasteiger partial charge in [0, 0.05) is 26.2 Å². The molecule has 0 unspecified atom stereocenters. The molecule has 2 aliphatic heterocycles. The van der Waals surface area contributed by atoms with Crippen LogP contribution in [0.25, 0.3) is 0 Å². The number of alkyl halides is 3. The van der Waals surface area contributed by atoms with Crippen LogP contribution in [0.5, 0.6) is 0 Å². The molecule has 2 atom stereocenters. The van der Waals surface area contributed by atoms with Crippen molar-refractivity contribution in [2.24, 2.45) is 11.8 Å². The van der Waals surface area contributed by atoms with Crippen molar-refractivity contribution in [1.29, 1.82) is 0 Å². The van der Waals surface area contributed by atoms with Crippen molar-refractivity contribution >= 4 is 17.8 Å². The van der Waals surface area contributed by atoms with E-state index >= 15 is 0 Å². The van der Waals surface area contributed by atoms with Gasteiger partial charge >= 0.3 is 18.1 Å². The van der Waals surface area contributed by atoms with Gasteiger partial charge in [-0.1, -0.05) is 0 Å². The number of aliphatic carboxylic acids is 1. The Morgan fingerprint density at radius 1 is 1.20 bits per heavy atom. The van der Waals surface area contributed by atoms with Crippen molar-refractivity contribution < 1.29 is 42.1 Å². The van der Waals surface area contributed by atoms with E-state index in [1.54, 1.807) is 11.8 Å². The zero-order valence-corrected chi connectivity index (χ0v) is 13.7. The highest BCUT2D eigenvalue weighted by Crippen LogP contribution is 2.21. The molecule has 1 amide bonds. The maximum atomic E-state index is 12.3. The van der Waals surface area contributed by atoms with E-state index in [9.17, 15) is 22.8 Å². The average molecular weight is 370 g/mol. The molecule has 11 heteroatoms. The molecule has 2 saturated heterocycles. The van der Waals surface area contributed by atoms with Crippen molar-refractivity contribution in [3.05, 3.63) is 0 Å².